The van der Waals surface area contributed by atoms with Gasteiger partial charge in [-0.05, 0) is 0 Å². The molecule has 40 valence electrons. The van der Waals surface area contributed by atoms with E-state index in [-0.39, 0.29) is 0 Å². The van der Waals surface area contributed by atoms with Crippen molar-refractivity contribution < 1.29 is 13.5 Å². The van der Waals surface area contributed by atoms with Crippen LogP contribution >= 0.6 is 0 Å². The summed E-state index contributed by atoms with van der Waals surface area (Å²) in [5, 5.41) is 7.77. The third kappa shape index (κ3) is 5.02. The molecule has 0 aromatic heterocycles. The Bertz CT molecular complexity index is 178. The third-order valence-electron chi connectivity index (χ3n) is 0.133. The normalized spacial score (nSPS) is 7.43. The molecule has 0 aromatic carbocycles. The van der Waals surface area contributed by atoms with Gasteiger partial charge in [-0.15, -0.1) is 0 Å². The zero-order chi connectivity index (χ0) is 5.86. The van der Waals surface area contributed by atoms with E-state index in [1.807, 2.05) is 4.47 Å². The number of nitro groups is 1. The van der Waals surface area contributed by atoms with Crippen molar-refractivity contribution in [1.82, 2.24) is 0 Å². The minimum atomic E-state index is -2.92. The monoisotopic (exact) mass is 124 g/mol. The smallest absolute Gasteiger partial charge is 0.232 e. The Morgan fingerprint density at radius 2 is 2.00 bits per heavy atom. The molecule has 0 aliphatic rings. The molecular weight excluding hydrogens is 124 g/mol. The van der Waals surface area contributed by atoms with Crippen LogP contribution in [0.15, 0.2) is 4.47 Å². The van der Waals surface area contributed by atoms with Gasteiger partial charge < -0.3 is 0 Å². The van der Waals surface area contributed by atoms with Crippen LogP contribution in [0.3, 0.4) is 0 Å². The molecular formula is N2O4S. The van der Waals surface area contributed by atoms with E-state index in [9.17, 15) is 8.42 Å². The summed E-state index contributed by atoms with van der Waals surface area (Å²) >= 11 is 0. The maximum Gasteiger partial charge on any atom is 0.378 e. The Morgan fingerprint density at radius 3 is 2.00 bits per heavy atom. The van der Waals surface area contributed by atoms with Crippen molar-refractivity contribution in [3.8, 4) is 0 Å². The molecule has 0 rings (SSSR count). The van der Waals surface area contributed by atoms with Crippen LogP contribution in [-0.2, 0) is 10.5 Å². The highest BCUT2D eigenvalue weighted by Gasteiger charge is 1.83. The van der Waals surface area contributed by atoms with E-state index in [1.165, 1.54) is 0 Å². The molecule has 0 unspecified atom stereocenters. The maximum atomic E-state index is 9.20. The zero-order valence-electron chi connectivity index (χ0n) is 2.94. The van der Waals surface area contributed by atoms with Crippen LogP contribution in [0.2, 0.25) is 0 Å². The summed E-state index contributed by atoms with van der Waals surface area (Å²) in [7, 11) is -2.92. The second-order valence-corrected chi connectivity index (χ2v) is 1.13. The van der Waals surface area contributed by atoms with Crippen molar-refractivity contribution in [2.45, 2.75) is 0 Å². The number of hydrogen-bond donors (Lipinski definition) is 0. The Kier molecular flexibility index (Phi) is 1.93. The molecule has 0 bridgehead atoms. The number of nitrogens with zero attached hydrogens (tertiary/aromatic N) is 2. The van der Waals surface area contributed by atoms with Gasteiger partial charge in [-0.25, -0.2) is 10.1 Å². The fourth-order valence-corrected chi connectivity index (χ4v) is 0.163. The van der Waals surface area contributed by atoms with Crippen molar-refractivity contribution in [2.24, 2.45) is 4.47 Å². The van der Waals surface area contributed by atoms with Crippen molar-refractivity contribution in [2.75, 3.05) is 0 Å². The molecule has 0 aliphatic heterocycles. The Hall–Kier alpha value is -0.980. The summed E-state index contributed by atoms with van der Waals surface area (Å²) in [5.41, 5.74) is 0. The molecule has 7 heavy (non-hydrogen) atoms. The summed E-state index contributed by atoms with van der Waals surface area (Å²) in [4.78, 5) is 9.06. The molecule has 6 nitrogen and oxygen atoms in total. The lowest BCUT2D eigenvalue weighted by Crippen LogP contribution is -1.80. The van der Waals surface area contributed by atoms with E-state index in [1.54, 1.807) is 0 Å². The standard InChI is InChI=1S/N2O4S/c3-2(4)1-7(5)6. The maximum absolute atomic E-state index is 9.20. The van der Waals surface area contributed by atoms with Crippen LogP contribution in [0.25, 0.3) is 0 Å². The summed E-state index contributed by atoms with van der Waals surface area (Å²) in [6.45, 7) is 0. The highest BCUT2D eigenvalue weighted by atomic mass is 32.2. The molecule has 0 spiro atoms. The van der Waals surface area contributed by atoms with Gasteiger partial charge in [0.05, 0.1) is 0 Å². The zero-order valence-corrected chi connectivity index (χ0v) is 3.75. The van der Waals surface area contributed by atoms with E-state index in [0.29, 0.717) is 0 Å². The van der Waals surface area contributed by atoms with E-state index in [2.05, 4.69) is 0 Å². The van der Waals surface area contributed by atoms with E-state index in [0.717, 1.165) is 0 Å². The lowest BCUT2D eigenvalue weighted by molar-refractivity contribution is -0.481. The van der Waals surface area contributed by atoms with Gasteiger partial charge in [0.25, 0.3) is 0 Å². The van der Waals surface area contributed by atoms with Crippen LogP contribution < -0.4 is 0 Å². The highest BCUT2D eigenvalue weighted by Crippen LogP contribution is 1.62. The second-order valence-electron chi connectivity index (χ2n) is 0.537. The van der Waals surface area contributed by atoms with Crippen molar-refractivity contribution in [3.63, 3.8) is 0 Å². The number of hydrogen-bond acceptors (Lipinski definition) is 4. The molecule has 0 aliphatic carbocycles. The van der Waals surface area contributed by atoms with Gasteiger partial charge in [-0.2, -0.15) is 8.42 Å². The first-order chi connectivity index (χ1) is 3.13. The van der Waals surface area contributed by atoms with Crippen LogP contribution in [0.5, 0.6) is 0 Å². The Balaban J connectivity index is 4.26. The molecule has 0 radical (unpaired) electrons. The first-order valence-corrected chi connectivity index (χ1v) is 2.11. The van der Waals surface area contributed by atoms with Gasteiger partial charge in [0.1, 0.15) is 0 Å². The van der Waals surface area contributed by atoms with Gasteiger partial charge in [0, 0.05) is 0 Å². The van der Waals surface area contributed by atoms with Crippen molar-refractivity contribution in [3.05, 3.63) is 10.1 Å². The second kappa shape index (κ2) is 2.24. The van der Waals surface area contributed by atoms with Gasteiger partial charge >= 0.3 is 10.5 Å². The van der Waals surface area contributed by atoms with E-state index in [4.69, 9.17) is 10.1 Å². The van der Waals surface area contributed by atoms with Crippen LogP contribution in [0, 0.1) is 10.1 Å². The quantitative estimate of drug-likeness (QED) is 0.339. The fraction of sp³-hybridized carbons (Fsp3) is 0. The topological polar surface area (TPSA) is 89.6 Å². The summed E-state index contributed by atoms with van der Waals surface area (Å²) in [6, 6.07) is 0. The van der Waals surface area contributed by atoms with Crippen LogP contribution in [-0.4, -0.2) is 13.5 Å². The summed E-state index contributed by atoms with van der Waals surface area (Å²) in [5.74, 6) is 0. The first-order valence-electron chi connectivity index (χ1n) is 1.08. The average molecular weight is 124 g/mol. The molecule has 7 heteroatoms. The van der Waals surface area contributed by atoms with Crippen molar-refractivity contribution >= 4 is 10.5 Å². The first kappa shape index (κ1) is 6.02. The van der Waals surface area contributed by atoms with Gasteiger partial charge in [0.15, 0.2) is 4.47 Å². The predicted molar refractivity (Wildman–Crippen MR) is 18.3 cm³/mol. The molecule has 0 saturated carbocycles. The Labute approximate surface area is 39.6 Å². The van der Waals surface area contributed by atoms with Crippen LogP contribution in [0.4, 0.5) is 0 Å². The average Bonchev–Trinajstić information content (AvgIpc) is 1.27. The molecule has 0 amide bonds. The van der Waals surface area contributed by atoms with Gasteiger partial charge in [-0.1, -0.05) is 0 Å². The summed E-state index contributed by atoms with van der Waals surface area (Å²) < 4.78 is 20.3. The number of rotatable bonds is 1. The van der Waals surface area contributed by atoms with E-state index < -0.39 is 15.5 Å². The lowest BCUT2D eigenvalue weighted by atomic mass is 12.7. The molecule has 0 aromatic rings. The van der Waals surface area contributed by atoms with Crippen LogP contribution in [0.1, 0.15) is 0 Å². The van der Waals surface area contributed by atoms with E-state index >= 15 is 0 Å². The molecule has 0 N–H and O–H groups in total. The predicted octanol–water partition coefficient (Wildman–Crippen LogP) is -0.759. The molecule has 0 heterocycles. The minimum absolute atomic E-state index is 1.29. The lowest BCUT2D eigenvalue weighted by Gasteiger charge is -1.60. The molecule has 0 fully saturated rings. The molecule has 0 saturated heterocycles. The minimum Gasteiger partial charge on any atom is -0.232 e. The SMILES string of the molecule is O=[N+]([O-])N=S(=O)=O. The Morgan fingerprint density at radius 1 is 1.57 bits per heavy atom. The third-order valence-corrected chi connectivity index (χ3v) is 0.400. The summed E-state index contributed by atoms with van der Waals surface area (Å²) in [6.07, 6.45) is 0. The molecule has 0 atom stereocenters. The van der Waals surface area contributed by atoms with Gasteiger partial charge in [0.2, 0.25) is 5.03 Å². The van der Waals surface area contributed by atoms with Crippen molar-refractivity contribution in [1.29, 1.82) is 0 Å². The fourth-order valence-electron chi connectivity index (χ4n) is 0.0544. The van der Waals surface area contributed by atoms with Gasteiger partial charge in [-0.3, -0.25) is 0 Å². The highest BCUT2D eigenvalue weighted by molar-refractivity contribution is 7.61. The largest absolute Gasteiger partial charge is 0.378 e.